The summed E-state index contributed by atoms with van der Waals surface area (Å²) in [6.45, 7) is 11.6. The number of hydrogen-bond acceptors (Lipinski definition) is 6. The number of hydrogen-bond donors (Lipinski definition) is 1. The van der Waals surface area contributed by atoms with Gasteiger partial charge in [0.2, 0.25) is 17.6 Å². The van der Waals surface area contributed by atoms with E-state index < -0.39 is 0 Å². The number of amides is 1. The highest BCUT2D eigenvalue weighted by atomic mass is 16.5. The molecule has 2 heterocycles. The molecule has 23 heavy (non-hydrogen) atoms. The fourth-order valence-corrected chi connectivity index (χ4v) is 2.14. The van der Waals surface area contributed by atoms with Crippen molar-refractivity contribution in [2.45, 2.75) is 59.4 Å². The summed E-state index contributed by atoms with van der Waals surface area (Å²) in [6.07, 6.45) is 2.23. The molecule has 2 aromatic heterocycles. The lowest BCUT2D eigenvalue weighted by Gasteiger charge is -2.15. The van der Waals surface area contributed by atoms with Crippen LogP contribution in [0.2, 0.25) is 0 Å². The van der Waals surface area contributed by atoms with Crippen molar-refractivity contribution < 1.29 is 13.7 Å². The fraction of sp³-hybridized carbons (Fsp3) is 0.625. The summed E-state index contributed by atoms with van der Waals surface area (Å²) in [4.78, 5) is 20.1. The summed E-state index contributed by atoms with van der Waals surface area (Å²) in [7, 11) is 0. The van der Waals surface area contributed by atoms with Crippen LogP contribution in [0, 0.1) is 5.92 Å². The highest BCUT2D eigenvalue weighted by Crippen LogP contribution is 2.26. The van der Waals surface area contributed by atoms with Crippen LogP contribution in [-0.4, -0.2) is 21.0 Å². The molecule has 2 aromatic rings. The molecular formula is C16H24N4O3. The smallest absolute Gasteiger partial charge is 0.249 e. The minimum Gasteiger partial charge on any atom is -0.448 e. The number of nitrogens with zero attached hydrogens (tertiary/aromatic N) is 3. The van der Waals surface area contributed by atoms with Gasteiger partial charge in [0.1, 0.15) is 18.0 Å². The van der Waals surface area contributed by atoms with Crippen LogP contribution in [-0.2, 0) is 10.2 Å². The monoisotopic (exact) mass is 320 g/mol. The average Bonchev–Trinajstić information content (AvgIpc) is 3.05. The Morgan fingerprint density at radius 1 is 1.30 bits per heavy atom. The van der Waals surface area contributed by atoms with Crippen LogP contribution in [0.15, 0.2) is 15.2 Å². The lowest BCUT2D eigenvalue weighted by atomic mass is 9.97. The van der Waals surface area contributed by atoms with Gasteiger partial charge in [0.05, 0.1) is 0 Å². The number of oxazole rings is 1. The minimum atomic E-state index is -0.303. The van der Waals surface area contributed by atoms with E-state index in [0.717, 1.165) is 0 Å². The largest absolute Gasteiger partial charge is 0.448 e. The molecule has 0 aliphatic heterocycles. The summed E-state index contributed by atoms with van der Waals surface area (Å²) in [5.74, 6) is 1.59. The third-order valence-corrected chi connectivity index (χ3v) is 3.20. The highest BCUT2D eigenvalue weighted by Gasteiger charge is 2.25. The Morgan fingerprint density at radius 2 is 2.00 bits per heavy atom. The first-order chi connectivity index (χ1) is 10.7. The first-order valence-corrected chi connectivity index (χ1v) is 7.74. The molecule has 1 amide bonds. The van der Waals surface area contributed by atoms with Crippen LogP contribution in [0.3, 0.4) is 0 Å². The maximum absolute atomic E-state index is 11.4. The lowest BCUT2D eigenvalue weighted by Crippen LogP contribution is -2.27. The van der Waals surface area contributed by atoms with Crippen LogP contribution < -0.4 is 5.32 Å². The molecule has 0 radical (unpaired) electrons. The van der Waals surface area contributed by atoms with Gasteiger partial charge in [-0.25, -0.2) is 4.98 Å². The van der Waals surface area contributed by atoms with E-state index in [1.54, 1.807) is 0 Å². The Balaban J connectivity index is 2.24. The van der Waals surface area contributed by atoms with E-state index in [1.165, 1.54) is 13.2 Å². The topological polar surface area (TPSA) is 94.1 Å². The molecule has 0 aliphatic rings. The van der Waals surface area contributed by atoms with Crippen LogP contribution in [0.1, 0.15) is 65.8 Å². The van der Waals surface area contributed by atoms with Crippen LogP contribution in [0.5, 0.6) is 0 Å². The predicted octanol–water partition coefficient (Wildman–Crippen LogP) is 3.25. The molecule has 0 fully saturated rings. The van der Waals surface area contributed by atoms with Gasteiger partial charge in [0.15, 0.2) is 5.89 Å². The van der Waals surface area contributed by atoms with Gasteiger partial charge >= 0.3 is 0 Å². The molecule has 0 spiro atoms. The molecule has 0 unspecified atom stereocenters. The highest BCUT2D eigenvalue weighted by molar-refractivity contribution is 5.73. The van der Waals surface area contributed by atoms with E-state index in [0.29, 0.717) is 35.6 Å². The van der Waals surface area contributed by atoms with Gasteiger partial charge in [0.25, 0.3) is 0 Å². The normalized spacial score (nSPS) is 13.3. The number of rotatable bonds is 5. The SMILES string of the molecule is CC(=O)N[C@@H](CC(C)C)c1nc(-c2coc(C(C)(C)C)n2)no1. The van der Waals surface area contributed by atoms with E-state index in [-0.39, 0.29) is 17.4 Å². The van der Waals surface area contributed by atoms with Crippen molar-refractivity contribution in [1.82, 2.24) is 20.4 Å². The average molecular weight is 320 g/mol. The molecule has 0 aromatic carbocycles. The van der Waals surface area contributed by atoms with Gasteiger partial charge < -0.3 is 14.3 Å². The van der Waals surface area contributed by atoms with E-state index in [2.05, 4.69) is 34.3 Å². The molecule has 7 heteroatoms. The number of aromatic nitrogens is 3. The predicted molar refractivity (Wildman–Crippen MR) is 84.5 cm³/mol. The molecule has 1 N–H and O–H groups in total. The van der Waals surface area contributed by atoms with Gasteiger partial charge in [-0.1, -0.05) is 39.8 Å². The van der Waals surface area contributed by atoms with Gasteiger partial charge in [-0.3, -0.25) is 4.79 Å². The zero-order valence-electron chi connectivity index (χ0n) is 14.5. The van der Waals surface area contributed by atoms with Crippen LogP contribution in [0.4, 0.5) is 0 Å². The Morgan fingerprint density at radius 3 is 2.52 bits per heavy atom. The molecule has 7 nitrogen and oxygen atoms in total. The molecule has 0 saturated heterocycles. The van der Waals surface area contributed by atoms with E-state index in [1.807, 2.05) is 20.8 Å². The maximum Gasteiger partial charge on any atom is 0.249 e. The summed E-state index contributed by atoms with van der Waals surface area (Å²) in [6, 6.07) is -0.303. The van der Waals surface area contributed by atoms with E-state index >= 15 is 0 Å². The van der Waals surface area contributed by atoms with Crippen molar-refractivity contribution in [1.29, 1.82) is 0 Å². The van der Waals surface area contributed by atoms with Crippen LogP contribution >= 0.6 is 0 Å². The summed E-state index contributed by atoms with van der Waals surface area (Å²) in [5, 5.41) is 6.80. The van der Waals surface area contributed by atoms with Crippen molar-refractivity contribution in [3.05, 3.63) is 18.0 Å². The fourth-order valence-electron chi connectivity index (χ4n) is 2.14. The summed E-state index contributed by atoms with van der Waals surface area (Å²) < 4.78 is 10.8. The second-order valence-electron chi connectivity index (χ2n) is 7.13. The number of carbonyl (C=O) groups excluding carboxylic acids is 1. The van der Waals surface area contributed by atoms with Gasteiger partial charge in [-0.05, 0) is 12.3 Å². The molecule has 1 atom stereocenters. The van der Waals surface area contributed by atoms with Crippen molar-refractivity contribution in [2.75, 3.05) is 0 Å². The Labute approximate surface area is 135 Å². The number of nitrogens with one attached hydrogen (secondary N) is 1. The quantitative estimate of drug-likeness (QED) is 0.908. The van der Waals surface area contributed by atoms with Crippen molar-refractivity contribution >= 4 is 5.91 Å². The zero-order chi connectivity index (χ0) is 17.2. The van der Waals surface area contributed by atoms with Crippen LogP contribution in [0.25, 0.3) is 11.5 Å². The van der Waals surface area contributed by atoms with Gasteiger partial charge in [0, 0.05) is 12.3 Å². The first kappa shape index (κ1) is 17.2. The maximum atomic E-state index is 11.4. The van der Waals surface area contributed by atoms with Crippen molar-refractivity contribution in [3.63, 3.8) is 0 Å². The second-order valence-corrected chi connectivity index (χ2v) is 7.13. The standard InChI is InChI=1S/C16H24N4O3/c1-9(2)7-11(17-10(3)21)14-19-13(20-23-14)12-8-22-15(18-12)16(4,5)6/h8-9,11H,7H2,1-6H3,(H,17,21)/t11-/m0/s1. The molecule has 2 rings (SSSR count). The Kier molecular flexibility index (Phi) is 4.87. The molecule has 0 aliphatic carbocycles. The number of carbonyl (C=O) groups is 1. The van der Waals surface area contributed by atoms with Crippen molar-refractivity contribution in [3.8, 4) is 11.5 Å². The first-order valence-electron chi connectivity index (χ1n) is 7.74. The Hall–Kier alpha value is -2.18. The van der Waals surface area contributed by atoms with Crippen molar-refractivity contribution in [2.24, 2.45) is 5.92 Å². The summed E-state index contributed by atoms with van der Waals surface area (Å²) in [5.41, 5.74) is 0.331. The molecule has 0 bridgehead atoms. The van der Waals surface area contributed by atoms with Gasteiger partial charge in [-0.15, -0.1) is 0 Å². The van der Waals surface area contributed by atoms with E-state index in [9.17, 15) is 4.79 Å². The van der Waals surface area contributed by atoms with E-state index in [4.69, 9.17) is 8.94 Å². The molecular weight excluding hydrogens is 296 g/mol. The summed E-state index contributed by atoms with van der Waals surface area (Å²) >= 11 is 0. The third kappa shape index (κ3) is 4.40. The zero-order valence-corrected chi connectivity index (χ0v) is 14.5. The Bertz CT molecular complexity index is 667. The lowest BCUT2D eigenvalue weighted by molar-refractivity contribution is -0.120. The molecule has 126 valence electrons. The van der Waals surface area contributed by atoms with Gasteiger partial charge in [-0.2, -0.15) is 4.98 Å². The molecule has 0 saturated carbocycles. The second kappa shape index (κ2) is 6.52. The third-order valence-electron chi connectivity index (χ3n) is 3.20. The minimum absolute atomic E-state index is 0.133.